The Balaban J connectivity index is 2.21. The van der Waals surface area contributed by atoms with E-state index >= 15 is 0 Å². The summed E-state index contributed by atoms with van der Waals surface area (Å²) in [6.45, 7) is 3.74. The van der Waals surface area contributed by atoms with Crippen molar-refractivity contribution in [3.05, 3.63) is 52.4 Å². The highest BCUT2D eigenvalue weighted by molar-refractivity contribution is 8.02. The van der Waals surface area contributed by atoms with Gasteiger partial charge in [-0.3, -0.25) is 9.79 Å². The average molecular weight is 461 g/mol. The highest BCUT2D eigenvalue weighted by Gasteiger charge is 2.32. The molecule has 2 rings (SSSR count). The van der Waals surface area contributed by atoms with Crippen molar-refractivity contribution in [2.75, 3.05) is 29.6 Å². The van der Waals surface area contributed by atoms with E-state index in [1.54, 1.807) is 23.2 Å². The van der Waals surface area contributed by atoms with Crippen LogP contribution in [0.1, 0.15) is 0 Å². The normalized spacial score (nSPS) is 16.7. The summed E-state index contributed by atoms with van der Waals surface area (Å²) < 4.78 is 31.5. The molecule has 0 spiro atoms. The van der Waals surface area contributed by atoms with E-state index in [0.29, 0.717) is 29.4 Å². The topological polar surface area (TPSA) is 80.1 Å². The number of carbonyl (C=O) groups excluding carboxylic acids is 1. The number of aliphatic imine (C=N–C) groups is 1. The Morgan fingerprint density at radius 1 is 1.57 bits per heavy atom. The van der Waals surface area contributed by atoms with Crippen LogP contribution in [0.2, 0.25) is 5.02 Å². The van der Waals surface area contributed by atoms with Crippen LogP contribution < -0.4 is 5.32 Å². The molecule has 1 aromatic rings. The molecular weight excluding hydrogens is 443 g/mol. The van der Waals surface area contributed by atoms with Gasteiger partial charge in [-0.15, -0.1) is 11.8 Å². The largest absolute Gasteiger partial charge is 0.566 e. The highest BCUT2D eigenvalue weighted by atomic mass is 35.5. The van der Waals surface area contributed by atoms with Crippen LogP contribution in [0.5, 0.6) is 0 Å². The minimum absolute atomic E-state index is 0.0977. The molecule has 0 saturated heterocycles. The number of amides is 1. The fourth-order valence-electron chi connectivity index (χ4n) is 2.10. The molecular formula is C17H18ClFN4O2S3. The predicted octanol–water partition coefficient (Wildman–Crippen LogP) is 3.90. The van der Waals surface area contributed by atoms with Gasteiger partial charge in [0.15, 0.2) is 5.70 Å². The van der Waals surface area contributed by atoms with Gasteiger partial charge >= 0.3 is 0 Å². The van der Waals surface area contributed by atoms with E-state index in [1.165, 1.54) is 40.5 Å². The zero-order chi connectivity index (χ0) is 20.5. The van der Waals surface area contributed by atoms with Gasteiger partial charge in [0.05, 0.1) is 11.6 Å². The van der Waals surface area contributed by atoms with E-state index in [2.05, 4.69) is 21.4 Å². The van der Waals surface area contributed by atoms with Gasteiger partial charge < -0.3 is 9.87 Å². The van der Waals surface area contributed by atoms with Crippen molar-refractivity contribution < 1.29 is 13.7 Å². The number of nitrogens with zero attached hydrogens (tertiary/aromatic N) is 3. The van der Waals surface area contributed by atoms with Gasteiger partial charge in [0, 0.05) is 23.4 Å². The molecule has 1 unspecified atom stereocenters. The van der Waals surface area contributed by atoms with Crippen LogP contribution >= 0.6 is 35.1 Å². The zero-order valence-corrected chi connectivity index (χ0v) is 18.1. The van der Waals surface area contributed by atoms with Crippen LogP contribution in [-0.4, -0.2) is 51.5 Å². The summed E-state index contributed by atoms with van der Waals surface area (Å²) >= 11 is 7.01. The van der Waals surface area contributed by atoms with E-state index < -0.39 is 23.3 Å². The summed E-state index contributed by atoms with van der Waals surface area (Å²) in [5.41, 5.74) is 1.08. The molecule has 1 aliphatic heterocycles. The highest BCUT2D eigenvalue weighted by Crippen LogP contribution is 2.24. The number of hydrogen-bond donors (Lipinski definition) is 1. The lowest BCUT2D eigenvalue weighted by atomic mass is 10.2. The second kappa shape index (κ2) is 11.5. The van der Waals surface area contributed by atoms with Gasteiger partial charge in [-0.25, -0.2) is 4.39 Å². The van der Waals surface area contributed by atoms with E-state index in [-0.39, 0.29) is 10.7 Å². The lowest BCUT2D eigenvalue weighted by Gasteiger charge is -2.26. The van der Waals surface area contributed by atoms with Gasteiger partial charge in [0.2, 0.25) is 11.5 Å². The van der Waals surface area contributed by atoms with Gasteiger partial charge in [-0.2, -0.15) is 16.1 Å². The van der Waals surface area contributed by atoms with Crippen molar-refractivity contribution in [1.82, 2.24) is 4.31 Å². The molecule has 28 heavy (non-hydrogen) atoms. The number of nitrogens with one attached hydrogen (secondary N) is 1. The number of hydrogen-bond acceptors (Lipinski definition) is 7. The second-order valence-electron chi connectivity index (χ2n) is 5.30. The minimum Gasteiger partial charge on any atom is -0.566 e. The number of benzene rings is 1. The SMILES string of the molecule is C=N/C=C\SCC1=N[S+]([O-])N(CCSC)C(C(=O)Nc2ccc(F)c(Cl)c2)=C1. The molecule has 1 atom stereocenters. The van der Waals surface area contributed by atoms with Gasteiger partial charge in [0.25, 0.3) is 5.91 Å². The number of allylic oxidation sites excluding steroid dienone is 1. The first-order chi connectivity index (χ1) is 13.5. The van der Waals surface area contributed by atoms with E-state index in [9.17, 15) is 13.7 Å². The number of carbonyl (C=O) groups is 1. The van der Waals surface area contributed by atoms with Crippen molar-refractivity contribution >= 4 is 70.7 Å². The molecule has 1 N–H and O–H groups in total. The lowest BCUT2D eigenvalue weighted by Crippen LogP contribution is -2.39. The minimum atomic E-state index is -1.71. The van der Waals surface area contributed by atoms with Crippen LogP contribution in [0, 0.1) is 5.82 Å². The Kier molecular flexibility index (Phi) is 9.39. The molecule has 1 aromatic carbocycles. The second-order valence-corrected chi connectivity index (χ2v) is 8.67. The number of rotatable bonds is 9. The molecule has 0 radical (unpaired) electrons. The first-order valence-electron chi connectivity index (χ1n) is 7.93. The first kappa shape index (κ1) is 22.8. The third-order valence-corrected chi connectivity index (χ3v) is 6.16. The van der Waals surface area contributed by atoms with Crippen LogP contribution in [0.15, 0.2) is 51.0 Å². The standard InChI is InChI=1S/C17H18ClFN4O2S3/c1-20-5-7-27-11-13-10-16(23(6-8-26-2)28(25)22-13)17(24)21-12-3-4-15(19)14(18)9-12/h3-5,7,9-10H,1,6,8,11H2,2H3,(H,21,24)/b7-5-. The zero-order valence-electron chi connectivity index (χ0n) is 14.9. The summed E-state index contributed by atoms with van der Waals surface area (Å²) in [5.74, 6) is 0.0462. The maximum Gasteiger partial charge on any atom is 0.276 e. The molecule has 6 nitrogen and oxygen atoms in total. The fourth-order valence-corrected chi connectivity index (χ4v) is 4.40. The number of anilines is 1. The number of thioether (sulfide) groups is 2. The van der Waals surface area contributed by atoms with Crippen molar-refractivity contribution in [2.45, 2.75) is 0 Å². The molecule has 0 fully saturated rings. The van der Waals surface area contributed by atoms with E-state index in [1.807, 2.05) is 6.26 Å². The molecule has 1 aliphatic rings. The Bertz CT molecular complexity index is 820. The van der Waals surface area contributed by atoms with Crippen LogP contribution in [0.3, 0.4) is 0 Å². The van der Waals surface area contributed by atoms with E-state index in [4.69, 9.17) is 11.6 Å². The van der Waals surface area contributed by atoms with Crippen molar-refractivity contribution in [3.8, 4) is 0 Å². The maximum absolute atomic E-state index is 13.3. The quantitative estimate of drug-likeness (QED) is 0.446. The summed E-state index contributed by atoms with van der Waals surface area (Å²) in [6.07, 6.45) is 5.05. The molecule has 1 amide bonds. The maximum atomic E-state index is 13.3. The van der Waals surface area contributed by atoms with Gasteiger partial charge in [-0.1, -0.05) is 11.6 Å². The predicted molar refractivity (Wildman–Crippen MR) is 120 cm³/mol. The summed E-state index contributed by atoms with van der Waals surface area (Å²) in [5, 5.41) is 4.29. The Hall–Kier alpha value is -1.46. The van der Waals surface area contributed by atoms with Crippen LogP contribution in [-0.2, 0) is 16.3 Å². The van der Waals surface area contributed by atoms with Crippen molar-refractivity contribution in [2.24, 2.45) is 9.39 Å². The Morgan fingerprint density at radius 2 is 2.36 bits per heavy atom. The van der Waals surface area contributed by atoms with Gasteiger partial charge in [0.1, 0.15) is 11.5 Å². The van der Waals surface area contributed by atoms with Crippen molar-refractivity contribution in [3.63, 3.8) is 0 Å². The summed E-state index contributed by atoms with van der Waals surface area (Å²) in [6, 6.07) is 3.89. The summed E-state index contributed by atoms with van der Waals surface area (Å²) in [7, 11) is 0. The molecule has 11 heteroatoms. The van der Waals surface area contributed by atoms with E-state index in [0.717, 1.165) is 0 Å². The molecule has 0 aliphatic carbocycles. The molecule has 150 valence electrons. The first-order valence-corrected chi connectivity index (χ1v) is 11.8. The molecule has 0 aromatic heterocycles. The molecule has 0 bridgehead atoms. The Morgan fingerprint density at radius 3 is 3.04 bits per heavy atom. The fraction of sp³-hybridized carbons (Fsp3) is 0.235. The third kappa shape index (κ3) is 6.56. The van der Waals surface area contributed by atoms with Crippen molar-refractivity contribution in [1.29, 1.82) is 0 Å². The number of halogens is 2. The monoisotopic (exact) mass is 460 g/mol. The summed E-state index contributed by atoms with van der Waals surface area (Å²) in [4.78, 5) is 16.4. The third-order valence-electron chi connectivity index (χ3n) is 3.36. The average Bonchev–Trinajstić information content (AvgIpc) is 2.67. The Labute approximate surface area is 179 Å². The van der Waals surface area contributed by atoms with Crippen LogP contribution in [0.25, 0.3) is 0 Å². The van der Waals surface area contributed by atoms with Crippen LogP contribution in [0.4, 0.5) is 10.1 Å². The molecule has 1 heterocycles. The lowest BCUT2D eigenvalue weighted by molar-refractivity contribution is -0.113. The van der Waals surface area contributed by atoms with Gasteiger partial charge in [-0.05, 0) is 47.1 Å². The molecule has 0 saturated carbocycles. The smallest absolute Gasteiger partial charge is 0.276 e.